The lowest BCUT2D eigenvalue weighted by molar-refractivity contribution is 0.0727. The minimum absolute atomic E-state index is 0.104. The molecular weight excluding hydrogens is 348 g/mol. The summed E-state index contributed by atoms with van der Waals surface area (Å²) in [5.74, 6) is -0.481. The number of hydrogen-bond acceptors (Lipinski definition) is 5. The van der Waals surface area contributed by atoms with Crippen LogP contribution in [0.4, 0.5) is 0 Å². The van der Waals surface area contributed by atoms with E-state index in [1.54, 1.807) is 47.4 Å². The maximum atomic E-state index is 12.8. The number of hydrogen-bond donors (Lipinski definition) is 1. The van der Waals surface area contributed by atoms with Crippen LogP contribution < -0.4 is 5.14 Å². The van der Waals surface area contributed by atoms with Crippen LogP contribution in [-0.4, -0.2) is 40.7 Å². The summed E-state index contributed by atoms with van der Waals surface area (Å²) in [5.41, 5.74) is 1.94. The molecule has 1 fully saturated rings. The van der Waals surface area contributed by atoms with Gasteiger partial charge in [0.2, 0.25) is 0 Å². The first kappa shape index (κ1) is 17.0. The van der Waals surface area contributed by atoms with Crippen LogP contribution in [-0.2, 0) is 0 Å². The average molecular weight is 366 g/mol. The van der Waals surface area contributed by atoms with Crippen molar-refractivity contribution in [2.24, 2.45) is 5.14 Å². The molecule has 0 bridgehead atoms. The summed E-state index contributed by atoms with van der Waals surface area (Å²) >= 11 is 1.35. The van der Waals surface area contributed by atoms with Gasteiger partial charge in [0.15, 0.2) is 11.6 Å². The monoisotopic (exact) mass is 366 g/mol. The number of fused-ring (bicyclic) bond motifs is 2. The largest absolute Gasteiger partial charge is 0.339 e. The van der Waals surface area contributed by atoms with Crippen molar-refractivity contribution in [2.45, 2.75) is 18.1 Å². The smallest absolute Gasteiger partial charge is 0.253 e. The minimum Gasteiger partial charge on any atom is -0.339 e. The van der Waals surface area contributed by atoms with Crippen molar-refractivity contribution in [1.29, 1.82) is 0 Å². The fourth-order valence-electron chi connectivity index (χ4n) is 3.61. The van der Waals surface area contributed by atoms with E-state index in [1.807, 2.05) is 0 Å². The Kier molecular flexibility index (Phi) is 4.38. The van der Waals surface area contributed by atoms with Crippen molar-refractivity contribution in [3.63, 3.8) is 0 Å². The lowest BCUT2D eigenvalue weighted by Crippen LogP contribution is -2.39. The number of ketones is 2. The third-order valence-electron chi connectivity index (χ3n) is 5.09. The van der Waals surface area contributed by atoms with Gasteiger partial charge in [0.25, 0.3) is 5.91 Å². The molecule has 4 rings (SSSR count). The molecule has 0 unspecified atom stereocenters. The van der Waals surface area contributed by atoms with Crippen LogP contribution in [0.3, 0.4) is 0 Å². The minimum atomic E-state index is -0.205. The molecule has 6 heteroatoms. The topological polar surface area (TPSA) is 80.5 Å². The summed E-state index contributed by atoms with van der Waals surface area (Å²) in [5, 5.41) is 6.01. The van der Waals surface area contributed by atoms with E-state index in [0.717, 1.165) is 12.8 Å². The van der Waals surface area contributed by atoms with Gasteiger partial charge in [-0.15, -0.1) is 0 Å². The Balaban J connectivity index is 1.64. The van der Waals surface area contributed by atoms with E-state index in [9.17, 15) is 14.4 Å². The number of carbonyl (C=O) groups is 3. The Hall–Kier alpha value is -2.44. The number of piperidine rings is 1. The van der Waals surface area contributed by atoms with Crippen molar-refractivity contribution >= 4 is 29.4 Å². The van der Waals surface area contributed by atoms with Gasteiger partial charge < -0.3 is 4.90 Å². The Morgan fingerprint density at radius 3 is 2.12 bits per heavy atom. The number of benzene rings is 2. The van der Waals surface area contributed by atoms with Crippen molar-refractivity contribution < 1.29 is 14.4 Å². The van der Waals surface area contributed by atoms with E-state index in [0.29, 0.717) is 46.2 Å². The van der Waals surface area contributed by atoms with Crippen LogP contribution in [0.2, 0.25) is 0 Å². The molecule has 0 saturated carbocycles. The molecule has 2 aromatic rings. The molecule has 0 radical (unpaired) electrons. The highest BCUT2D eigenvalue weighted by atomic mass is 32.2. The Morgan fingerprint density at radius 1 is 0.923 bits per heavy atom. The third-order valence-corrected chi connectivity index (χ3v) is 5.95. The zero-order chi connectivity index (χ0) is 18.3. The second-order valence-electron chi connectivity index (χ2n) is 6.59. The molecule has 1 amide bonds. The zero-order valence-electron chi connectivity index (χ0n) is 14.1. The predicted octanol–water partition coefficient (Wildman–Crippen LogP) is 2.67. The van der Waals surface area contributed by atoms with E-state index in [2.05, 4.69) is 0 Å². The highest BCUT2D eigenvalue weighted by Gasteiger charge is 2.31. The van der Waals surface area contributed by atoms with Crippen LogP contribution >= 0.6 is 11.9 Å². The molecule has 1 heterocycles. The van der Waals surface area contributed by atoms with Gasteiger partial charge in [-0.05, 0) is 31.0 Å². The standard InChI is InChI=1S/C20H18N2O3S/c21-26-13-7-9-22(10-8-13)20(25)12-5-6-16-17(11-12)19(24)15-4-2-1-3-14(15)18(16)23/h1-6,11,13H,7-10,21H2. The number of likely N-dealkylation sites (tertiary alicyclic amines) is 1. The van der Waals surface area contributed by atoms with Gasteiger partial charge in [0.1, 0.15) is 0 Å². The fraction of sp³-hybridized carbons (Fsp3) is 0.250. The van der Waals surface area contributed by atoms with Crippen molar-refractivity contribution in [3.05, 3.63) is 70.3 Å². The molecule has 0 spiro atoms. The van der Waals surface area contributed by atoms with Gasteiger partial charge in [-0.1, -0.05) is 36.2 Å². The fourth-order valence-corrected chi connectivity index (χ4v) is 4.09. The molecule has 1 saturated heterocycles. The maximum absolute atomic E-state index is 12.8. The molecule has 0 atom stereocenters. The molecule has 1 aliphatic carbocycles. The van der Waals surface area contributed by atoms with Gasteiger partial charge in [0.05, 0.1) is 0 Å². The summed E-state index contributed by atoms with van der Waals surface area (Å²) in [4.78, 5) is 40.0. The van der Waals surface area contributed by atoms with E-state index in [4.69, 9.17) is 5.14 Å². The van der Waals surface area contributed by atoms with Crippen LogP contribution in [0.25, 0.3) is 0 Å². The van der Waals surface area contributed by atoms with Crippen LogP contribution in [0.5, 0.6) is 0 Å². The molecule has 132 valence electrons. The van der Waals surface area contributed by atoms with Gasteiger partial charge in [-0.25, -0.2) is 0 Å². The second-order valence-corrected chi connectivity index (χ2v) is 7.53. The normalized spacial score (nSPS) is 17.0. The summed E-state index contributed by atoms with van der Waals surface area (Å²) < 4.78 is 0. The molecule has 2 N–H and O–H groups in total. The summed E-state index contributed by atoms with van der Waals surface area (Å²) in [7, 11) is 0. The Labute approximate surface area is 155 Å². The molecule has 2 aliphatic rings. The molecule has 2 aromatic carbocycles. The number of rotatable bonds is 2. The summed E-state index contributed by atoms with van der Waals surface area (Å²) in [6.45, 7) is 1.31. The Bertz CT molecular complexity index is 917. The second kappa shape index (κ2) is 6.70. The van der Waals surface area contributed by atoms with E-state index >= 15 is 0 Å². The molecule has 1 aliphatic heterocycles. The van der Waals surface area contributed by atoms with Crippen LogP contribution in [0.1, 0.15) is 55.0 Å². The highest BCUT2D eigenvalue weighted by molar-refractivity contribution is 7.97. The van der Waals surface area contributed by atoms with E-state index in [1.165, 1.54) is 11.9 Å². The molecule has 5 nitrogen and oxygen atoms in total. The van der Waals surface area contributed by atoms with E-state index < -0.39 is 0 Å². The van der Waals surface area contributed by atoms with Gasteiger partial charge >= 0.3 is 0 Å². The quantitative estimate of drug-likeness (QED) is 0.705. The first-order valence-corrected chi connectivity index (χ1v) is 9.51. The van der Waals surface area contributed by atoms with Crippen molar-refractivity contribution in [3.8, 4) is 0 Å². The first-order valence-electron chi connectivity index (χ1n) is 8.57. The lowest BCUT2D eigenvalue weighted by Gasteiger charge is -2.31. The van der Waals surface area contributed by atoms with Crippen LogP contribution in [0.15, 0.2) is 42.5 Å². The van der Waals surface area contributed by atoms with Gasteiger partial charge in [0, 0.05) is 46.2 Å². The number of carbonyl (C=O) groups excluding carboxylic acids is 3. The first-order chi connectivity index (χ1) is 12.6. The molecule has 0 aromatic heterocycles. The van der Waals surface area contributed by atoms with Crippen molar-refractivity contribution in [1.82, 2.24) is 4.90 Å². The molecular formula is C20H18N2O3S. The van der Waals surface area contributed by atoms with Gasteiger partial charge in [-0.2, -0.15) is 0 Å². The zero-order valence-corrected chi connectivity index (χ0v) is 14.9. The number of nitrogens with zero attached hydrogens (tertiary/aromatic N) is 1. The Morgan fingerprint density at radius 2 is 1.50 bits per heavy atom. The third kappa shape index (κ3) is 2.75. The summed E-state index contributed by atoms with van der Waals surface area (Å²) in [6.07, 6.45) is 1.73. The van der Waals surface area contributed by atoms with Crippen molar-refractivity contribution in [2.75, 3.05) is 13.1 Å². The highest BCUT2D eigenvalue weighted by Crippen LogP contribution is 2.28. The summed E-state index contributed by atoms with van der Waals surface area (Å²) in [6, 6.07) is 11.6. The SMILES string of the molecule is NSC1CCN(C(=O)c2ccc3c(c2)C(=O)c2ccccc2C3=O)CC1. The van der Waals surface area contributed by atoms with Crippen LogP contribution in [0, 0.1) is 0 Å². The molecule has 26 heavy (non-hydrogen) atoms. The number of amides is 1. The van der Waals surface area contributed by atoms with Gasteiger partial charge in [-0.3, -0.25) is 19.5 Å². The average Bonchev–Trinajstić information content (AvgIpc) is 2.71. The number of nitrogens with two attached hydrogens (primary N) is 1. The maximum Gasteiger partial charge on any atom is 0.253 e. The van der Waals surface area contributed by atoms with E-state index in [-0.39, 0.29) is 17.5 Å². The lowest BCUT2D eigenvalue weighted by atomic mass is 9.83. The predicted molar refractivity (Wildman–Crippen MR) is 100 cm³/mol.